The van der Waals surface area contributed by atoms with Crippen molar-refractivity contribution >= 4 is 29.2 Å². The first-order valence-corrected chi connectivity index (χ1v) is 11.0. The van der Waals surface area contributed by atoms with Gasteiger partial charge in [-0.3, -0.25) is 9.69 Å². The molecule has 6 heteroatoms. The van der Waals surface area contributed by atoms with Gasteiger partial charge in [0, 0.05) is 22.2 Å². The number of likely N-dealkylation sites (tertiary alicyclic amines) is 1. The second kappa shape index (κ2) is 9.73. The second-order valence-electron chi connectivity index (χ2n) is 7.61. The molecule has 2 atom stereocenters. The largest absolute Gasteiger partial charge is 0.489 e. The molecule has 4 nitrogen and oxygen atoms in total. The van der Waals surface area contributed by atoms with Crippen molar-refractivity contribution in [2.24, 2.45) is 0 Å². The Hall–Kier alpha value is -2.53. The zero-order valence-electron chi connectivity index (χ0n) is 16.9. The van der Waals surface area contributed by atoms with Gasteiger partial charge in [-0.1, -0.05) is 77.8 Å². The van der Waals surface area contributed by atoms with E-state index < -0.39 is 12.0 Å². The summed E-state index contributed by atoms with van der Waals surface area (Å²) in [6.45, 7) is 1.08. The van der Waals surface area contributed by atoms with Crippen molar-refractivity contribution in [3.63, 3.8) is 0 Å². The molecule has 160 valence electrons. The Balaban J connectivity index is 1.76. The molecule has 0 amide bonds. The normalized spacial score (nSPS) is 17.4. The molecule has 1 fully saturated rings. The van der Waals surface area contributed by atoms with Crippen LogP contribution in [0.3, 0.4) is 0 Å². The minimum absolute atomic E-state index is 0.361. The van der Waals surface area contributed by atoms with Crippen LogP contribution < -0.4 is 4.74 Å². The van der Waals surface area contributed by atoms with Crippen LogP contribution in [0.2, 0.25) is 10.0 Å². The maximum absolute atomic E-state index is 12.0. The Bertz CT molecular complexity index is 1060. The fourth-order valence-electron chi connectivity index (χ4n) is 4.18. The second-order valence-corrected chi connectivity index (χ2v) is 8.46. The topological polar surface area (TPSA) is 49.8 Å². The molecule has 0 spiro atoms. The van der Waals surface area contributed by atoms with Crippen LogP contribution >= 0.6 is 23.2 Å². The minimum Gasteiger partial charge on any atom is -0.489 e. The summed E-state index contributed by atoms with van der Waals surface area (Å²) < 4.78 is 6.20. The lowest BCUT2D eigenvalue weighted by Gasteiger charge is -2.33. The van der Waals surface area contributed by atoms with Gasteiger partial charge >= 0.3 is 5.97 Å². The molecule has 0 aromatic heterocycles. The van der Waals surface area contributed by atoms with E-state index in [2.05, 4.69) is 0 Å². The van der Waals surface area contributed by atoms with E-state index in [9.17, 15) is 9.90 Å². The number of carboxylic acid groups (broad SMARTS) is 1. The summed E-state index contributed by atoms with van der Waals surface area (Å²) in [6.07, 6.45) is 1.41. The molecule has 3 aromatic rings. The third-order valence-electron chi connectivity index (χ3n) is 5.62. The molecule has 0 aliphatic carbocycles. The maximum atomic E-state index is 12.0. The number of rotatable bonds is 7. The summed E-state index contributed by atoms with van der Waals surface area (Å²) in [6, 6.07) is 22.1. The SMILES string of the molecule is O=C(O)C1CCCN1C(c1ccc(Cl)cc1Cl)c1ccccc1OCc1ccccc1. The lowest BCUT2D eigenvalue weighted by Crippen LogP contribution is -2.39. The first-order valence-electron chi connectivity index (χ1n) is 10.2. The van der Waals surface area contributed by atoms with E-state index >= 15 is 0 Å². The molecule has 31 heavy (non-hydrogen) atoms. The van der Waals surface area contributed by atoms with Gasteiger partial charge in [-0.15, -0.1) is 0 Å². The van der Waals surface area contributed by atoms with Gasteiger partial charge in [-0.25, -0.2) is 0 Å². The summed E-state index contributed by atoms with van der Waals surface area (Å²) in [4.78, 5) is 14.0. The van der Waals surface area contributed by atoms with E-state index in [0.29, 0.717) is 35.4 Å². The number of hydrogen-bond acceptors (Lipinski definition) is 3. The van der Waals surface area contributed by atoms with Gasteiger partial charge in [0.2, 0.25) is 0 Å². The van der Waals surface area contributed by atoms with Crippen LogP contribution in [-0.2, 0) is 11.4 Å². The molecule has 2 unspecified atom stereocenters. The first-order chi connectivity index (χ1) is 15.0. The van der Waals surface area contributed by atoms with Crippen molar-refractivity contribution < 1.29 is 14.6 Å². The number of halogens is 2. The average molecular weight is 456 g/mol. The van der Waals surface area contributed by atoms with Crippen LogP contribution in [0.25, 0.3) is 0 Å². The van der Waals surface area contributed by atoms with Crippen molar-refractivity contribution in [1.82, 2.24) is 4.90 Å². The van der Waals surface area contributed by atoms with Crippen molar-refractivity contribution in [2.45, 2.75) is 31.5 Å². The van der Waals surface area contributed by atoms with Crippen molar-refractivity contribution in [3.05, 3.63) is 99.5 Å². The van der Waals surface area contributed by atoms with Crippen LogP contribution in [0, 0.1) is 0 Å². The highest BCUT2D eigenvalue weighted by Gasteiger charge is 2.38. The lowest BCUT2D eigenvalue weighted by atomic mass is 9.95. The van der Waals surface area contributed by atoms with E-state index in [4.69, 9.17) is 27.9 Å². The van der Waals surface area contributed by atoms with Crippen molar-refractivity contribution in [1.29, 1.82) is 0 Å². The molecule has 3 aromatic carbocycles. The van der Waals surface area contributed by atoms with Crippen LogP contribution in [-0.4, -0.2) is 28.6 Å². The molecule has 1 saturated heterocycles. The first kappa shape index (κ1) is 21.7. The zero-order valence-corrected chi connectivity index (χ0v) is 18.4. The van der Waals surface area contributed by atoms with E-state index in [0.717, 1.165) is 23.1 Å². The lowest BCUT2D eigenvalue weighted by molar-refractivity contribution is -0.142. The van der Waals surface area contributed by atoms with E-state index in [1.807, 2.05) is 65.6 Å². The summed E-state index contributed by atoms with van der Waals surface area (Å²) in [5, 5.41) is 10.9. The predicted molar refractivity (Wildman–Crippen MR) is 123 cm³/mol. The summed E-state index contributed by atoms with van der Waals surface area (Å²) >= 11 is 12.7. The van der Waals surface area contributed by atoms with Crippen LogP contribution in [0.15, 0.2) is 72.8 Å². The van der Waals surface area contributed by atoms with Crippen LogP contribution in [0.4, 0.5) is 0 Å². The number of carbonyl (C=O) groups is 1. The van der Waals surface area contributed by atoms with Gasteiger partial charge in [0.25, 0.3) is 0 Å². The monoisotopic (exact) mass is 455 g/mol. The average Bonchev–Trinajstić information content (AvgIpc) is 3.25. The maximum Gasteiger partial charge on any atom is 0.320 e. The number of benzene rings is 3. The number of ether oxygens (including phenoxy) is 1. The van der Waals surface area contributed by atoms with Crippen molar-refractivity contribution in [3.8, 4) is 5.75 Å². The minimum atomic E-state index is -0.824. The highest BCUT2D eigenvalue weighted by atomic mass is 35.5. The highest BCUT2D eigenvalue weighted by molar-refractivity contribution is 6.35. The van der Waals surface area contributed by atoms with Gasteiger partial charge in [0.05, 0.1) is 6.04 Å². The van der Waals surface area contributed by atoms with Crippen LogP contribution in [0.1, 0.15) is 35.6 Å². The molecule has 0 saturated carbocycles. The smallest absolute Gasteiger partial charge is 0.320 e. The number of nitrogens with zero attached hydrogens (tertiary/aromatic N) is 1. The van der Waals surface area contributed by atoms with Crippen LogP contribution in [0.5, 0.6) is 5.75 Å². The summed E-state index contributed by atoms with van der Waals surface area (Å²) in [5.41, 5.74) is 2.76. The fourth-order valence-corrected chi connectivity index (χ4v) is 4.70. The predicted octanol–water partition coefficient (Wildman–Crippen LogP) is 6.21. The standard InChI is InChI=1S/C25H23Cl2NO3/c26-18-12-13-19(21(27)15-18)24(28-14-6-10-22(28)25(29)30)20-9-4-5-11-23(20)31-16-17-7-2-1-3-8-17/h1-5,7-9,11-13,15,22,24H,6,10,14,16H2,(H,29,30). The number of aliphatic carboxylic acids is 1. The molecule has 1 heterocycles. The zero-order chi connectivity index (χ0) is 21.8. The third kappa shape index (κ3) is 4.87. The fraction of sp³-hybridized carbons (Fsp3) is 0.240. The molecule has 0 bridgehead atoms. The molecule has 1 aliphatic rings. The summed E-state index contributed by atoms with van der Waals surface area (Å²) in [5.74, 6) is -0.117. The Kier molecular flexibility index (Phi) is 6.81. The molecule has 1 N–H and O–H groups in total. The molecule has 0 radical (unpaired) electrons. The molecular formula is C25H23Cl2NO3. The third-order valence-corrected chi connectivity index (χ3v) is 6.18. The van der Waals surface area contributed by atoms with Gasteiger partial charge in [-0.2, -0.15) is 0 Å². The van der Waals surface area contributed by atoms with E-state index in [1.54, 1.807) is 12.1 Å². The molecular weight excluding hydrogens is 433 g/mol. The van der Waals surface area contributed by atoms with Gasteiger partial charge < -0.3 is 9.84 Å². The van der Waals surface area contributed by atoms with Crippen molar-refractivity contribution in [2.75, 3.05) is 6.54 Å². The Labute approximate surface area is 192 Å². The Morgan fingerprint density at radius 2 is 1.77 bits per heavy atom. The van der Waals surface area contributed by atoms with E-state index in [1.165, 1.54) is 0 Å². The Morgan fingerprint density at radius 1 is 1.03 bits per heavy atom. The Morgan fingerprint density at radius 3 is 2.52 bits per heavy atom. The van der Waals surface area contributed by atoms with Gasteiger partial charge in [0.15, 0.2) is 0 Å². The quantitative estimate of drug-likeness (QED) is 0.459. The molecule has 4 rings (SSSR count). The van der Waals surface area contributed by atoms with E-state index in [-0.39, 0.29) is 6.04 Å². The number of para-hydroxylation sites is 1. The van der Waals surface area contributed by atoms with Gasteiger partial charge in [0.1, 0.15) is 18.4 Å². The highest BCUT2D eigenvalue weighted by Crippen LogP contribution is 2.42. The number of hydrogen-bond donors (Lipinski definition) is 1. The number of carboxylic acids is 1. The summed E-state index contributed by atoms with van der Waals surface area (Å²) in [7, 11) is 0. The molecule has 1 aliphatic heterocycles. The van der Waals surface area contributed by atoms with Gasteiger partial charge in [-0.05, 0) is 42.2 Å².